The van der Waals surface area contributed by atoms with Crippen LogP contribution >= 0.6 is 0 Å². The molecule has 3 aromatic rings. The Morgan fingerprint density at radius 2 is 1.73 bits per heavy atom. The van der Waals surface area contributed by atoms with Gasteiger partial charge in [0.15, 0.2) is 15.7 Å². The summed E-state index contributed by atoms with van der Waals surface area (Å²) in [6.45, 7) is 3.13. The fraction of sp³-hybridized carbons (Fsp3) is 0.310. The summed E-state index contributed by atoms with van der Waals surface area (Å²) < 4.78 is 60.0. The molecule has 0 saturated carbocycles. The molecule has 2 amide bonds. The first kappa shape index (κ1) is 39.5. The van der Waals surface area contributed by atoms with Crippen molar-refractivity contribution in [2.24, 2.45) is 0 Å². The van der Waals surface area contributed by atoms with Crippen molar-refractivity contribution in [3.63, 3.8) is 0 Å². The zero-order valence-electron chi connectivity index (χ0n) is 26.3. The number of amidine groups is 1. The molecule has 20 heteroatoms. The monoisotopic (exact) mass is 713 g/mol. The molecule has 1 aromatic heterocycles. The Bertz CT molecular complexity index is 1830. The number of nitrogens with zero attached hydrogens (tertiary/aromatic N) is 2. The van der Waals surface area contributed by atoms with Gasteiger partial charge in [-0.15, -0.1) is 0 Å². The highest BCUT2D eigenvalue weighted by molar-refractivity contribution is 7.90. The SMILES string of the molecule is CC(C)Nc1ncc(-c2cc(N)cc(O)c2)n(CC(=O)NCc2ccc(C(=N)NC(=O)OCCS(C)(=O)=O)cc2)c1=O.O=C(O)C(F)(F)F. The highest BCUT2D eigenvalue weighted by atomic mass is 32.2. The zero-order chi connectivity index (χ0) is 37.1. The van der Waals surface area contributed by atoms with Gasteiger partial charge in [-0.3, -0.25) is 24.9 Å². The van der Waals surface area contributed by atoms with Crippen LogP contribution in [0.4, 0.5) is 29.5 Å². The van der Waals surface area contributed by atoms with Crippen LogP contribution in [0, 0.1) is 5.41 Å². The number of anilines is 2. The van der Waals surface area contributed by atoms with Gasteiger partial charge < -0.3 is 31.3 Å². The number of alkyl carbamates (subject to hydrolysis) is 1. The number of nitrogens with two attached hydrogens (primary N) is 1. The van der Waals surface area contributed by atoms with Gasteiger partial charge in [-0.25, -0.2) is 23.0 Å². The standard InChI is InChI=1S/C27H33N7O7S.C2HF3O2/c1-16(2)32-25-26(37)34(22(14-31-25)19-10-20(28)12-21(35)11-19)15-23(36)30-13-17-4-6-18(7-5-17)24(29)33-27(38)41-8-9-42(3,39)40;3-2(4,5)1(6)7/h4-7,10-12,14,16,35H,8-9,13,15,28H2,1-3H3,(H,30,36)(H,31,32)(H2,29,33,38);(H,6,7). The number of benzene rings is 2. The summed E-state index contributed by atoms with van der Waals surface area (Å²) in [4.78, 5) is 51.0. The van der Waals surface area contributed by atoms with E-state index in [-0.39, 0.29) is 60.3 Å². The third-order valence-electron chi connectivity index (χ3n) is 5.91. The van der Waals surface area contributed by atoms with Crippen molar-refractivity contribution in [1.82, 2.24) is 20.2 Å². The Labute approximate surface area is 277 Å². The van der Waals surface area contributed by atoms with Gasteiger partial charge in [-0.05, 0) is 31.5 Å². The normalized spacial score (nSPS) is 11.2. The Morgan fingerprint density at radius 1 is 1.12 bits per heavy atom. The van der Waals surface area contributed by atoms with E-state index in [0.29, 0.717) is 16.7 Å². The topological polar surface area (TPSA) is 256 Å². The van der Waals surface area contributed by atoms with Crippen LogP contribution in [0.15, 0.2) is 53.5 Å². The number of phenols is 1. The van der Waals surface area contributed by atoms with E-state index in [9.17, 15) is 41.1 Å². The number of carboxylic acid groups (broad SMARTS) is 1. The number of carbonyl (C=O) groups excluding carboxylic acids is 2. The molecule has 0 bridgehead atoms. The van der Waals surface area contributed by atoms with Crippen LogP contribution in [0.5, 0.6) is 5.75 Å². The number of sulfone groups is 1. The number of nitrogen functional groups attached to an aromatic ring is 1. The predicted molar refractivity (Wildman–Crippen MR) is 172 cm³/mol. The smallest absolute Gasteiger partial charge is 0.490 e. The number of carbonyl (C=O) groups is 3. The van der Waals surface area contributed by atoms with Gasteiger partial charge in [0.05, 0.1) is 17.6 Å². The molecule has 8 N–H and O–H groups in total. The Hall–Kier alpha value is -5.66. The minimum Gasteiger partial charge on any atom is -0.508 e. The van der Waals surface area contributed by atoms with Crippen molar-refractivity contribution in [3.8, 4) is 17.0 Å². The summed E-state index contributed by atoms with van der Waals surface area (Å²) in [5.41, 5.74) is 7.34. The number of hydrogen-bond donors (Lipinski definition) is 7. The van der Waals surface area contributed by atoms with Crippen molar-refractivity contribution in [2.45, 2.75) is 39.2 Å². The number of hydrogen-bond acceptors (Lipinski definition) is 12. The van der Waals surface area contributed by atoms with Gasteiger partial charge in [0.1, 0.15) is 24.7 Å². The number of phenolic OH excluding ortho intramolecular Hbond substituents is 1. The first-order chi connectivity index (χ1) is 22.7. The van der Waals surface area contributed by atoms with Crippen LogP contribution in [0.25, 0.3) is 11.3 Å². The molecule has 0 spiro atoms. The molecule has 2 aromatic carbocycles. The molecule has 0 unspecified atom stereocenters. The van der Waals surface area contributed by atoms with Crippen LogP contribution in [0.3, 0.4) is 0 Å². The third-order valence-corrected chi connectivity index (χ3v) is 6.81. The number of rotatable bonds is 11. The molecule has 0 fully saturated rings. The molecule has 0 saturated heterocycles. The maximum Gasteiger partial charge on any atom is 0.490 e. The van der Waals surface area contributed by atoms with Crippen molar-refractivity contribution in [1.29, 1.82) is 5.41 Å². The Kier molecular flexibility index (Phi) is 13.7. The molecular formula is C29H34F3N7O9S. The lowest BCUT2D eigenvalue weighted by molar-refractivity contribution is -0.192. The zero-order valence-corrected chi connectivity index (χ0v) is 27.1. The number of halogens is 3. The number of alkyl halides is 3. The first-order valence-corrected chi connectivity index (χ1v) is 16.0. The predicted octanol–water partition coefficient (Wildman–Crippen LogP) is 2.06. The third kappa shape index (κ3) is 13.5. The summed E-state index contributed by atoms with van der Waals surface area (Å²) in [6.07, 6.45) is -3.59. The van der Waals surface area contributed by atoms with Crippen molar-refractivity contribution in [3.05, 3.63) is 70.1 Å². The number of aromatic nitrogens is 2. The first-order valence-electron chi connectivity index (χ1n) is 14.0. The van der Waals surface area contributed by atoms with Crippen LogP contribution in [0.1, 0.15) is 25.0 Å². The van der Waals surface area contributed by atoms with E-state index in [0.717, 1.165) is 6.26 Å². The lowest BCUT2D eigenvalue weighted by atomic mass is 10.1. The van der Waals surface area contributed by atoms with Crippen molar-refractivity contribution in [2.75, 3.05) is 29.7 Å². The maximum absolute atomic E-state index is 13.2. The fourth-order valence-electron chi connectivity index (χ4n) is 3.72. The maximum atomic E-state index is 13.2. The summed E-state index contributed by atoms with van der Waals surface area (Å²) in [5, 5.41) is 33.1. The van der Waals surface area contributed by atoms with Crippen LogP contribution in [-0.4, -0.2) is 82.8 Å². The average Bonchev–Trinajstić information content (AvgIpc) is 2.97. The second kappa shape index (κ2) is 16.9. The number of aromatic hydroxyl groups is 1. The van der Waals surface area contributed by atoms with Crippen LogP contribution < -0.4 is 27.2 Å². The van der Waals surface area contributed by atoms with Gasteiger partial charge in [0.2, 0.25) is 5.91 Å². The highest BCUT2D eigenvalue weighted by Gasteiger charge is 2.38. The Balaban J connectivity index is 0.00000107. The molecule has 266 valence electrons. The summed E-state index contributed by atoms with van der Waals surface area (Å²) in [5.74, 6) is -3.84. The number of carboxylic acids is 1. The molecule has 16 nitrogen and oxygen atoms in total. The van der Waals surface area contributed by atoms with E-state index in [1.54, 1.807) is 30.3 Å². The van der Waals surface area contributed by atoms with Crippen molar-refractivity contribution < 1.29 is 50.9 Å². The minimum atomic E-state index is -5.08. The number of amides is 2. The van der Waals surface area contributed by atoms with Gasteiger partial charge in [-0.1, -0.05) is 24.3 Å². The molecule has 0 aliphatic carbocycles. The molecule has 0 aliphatic rings. The quantitative estimate of drug-likeness (QED) is 0.0856. The molecule has 1 heterocycles. The van der Waals surface area contributed by atoms with Gasteiger partial charge in [0.25, 0.3) is 5.56 Å². The van der Waals surface area contributed by atoms with Gasteiger partial charge in [-0.2, -0.15) is 13.2 Å². The van der Waals surface area contributed by atoms with Crippen LogP contribution in [0.2, 0.25) is 0 Å². The largest absolute Gasteiger partial charge is 0.508 e. The van der Waals surface area contributed by atoms with E-state index < -0.39 is 39.5 Å². The lowest BCUT2D eigenvalue weighted by Gasteiger charge is -2.16. The Morgan fingerprint density at radius 3 is 2.27 bits per heavy atom. The summed E-state index contributed by atoms with van der Waals surface area (Å²) in [7, 11) is -3.29. The fourth-order valence-corrected chi connectivity index (χ4v) is 4.10. The minimum absolute atomic E-state index is 0.0700. The van der Waals surface area contributed by atoms with E-state index >= 15 is 0 Å². The molecule has 0 atom stereocenters. The molecule has 0 aliphatic heterocycles. The number of aliphatic carboxylic acids is 1. The van der Waals surface area contributed by atoms with E-state index in [4.69, 9.17) is 25.8 Å². The van der Waals surface area contributed by atoms with Gasteiger partial charge in [0, 0.05) is 41.7 Å². The summed E-state index contributed by atoms with van der Waals surface area (Å²) >= 11 is 0. The highest BCUT2D eigenvalue weighted by Crippen LogP contribution is 2.26. The second-order valence-corrected chi connectivity index (χ2v) is 12.8. The summed E-state index contributed by atoms with van der Waals surface area (Å²) in [6, 6.07) is 10.7. The number of ether oxygens (including phenoxy) is 1. The van der Waals surface area contributed by atoms with Crippen molar-refractivity contribution >= 4 is 45.1 Å². The number of nitrogens with one attached hydrogen (secondary N) is 4. The second-order valence-electron chi connectivity index (χ2n) is 10.5. The van der Waals surface area contributed by atoms with E-state index in [1.807, 2.05) is 13.8 Å². The molecule has 3 rings (SSSR count). The molecular weight excluding hydrogens is 679 g/mol. The van der Waals surface area contributed by atoms with E-state index in [1.165, 1.54) is 22.9 Å². The molecule has 0 radical (unpaired) electrons. The van der Waals surface area contributed by atoms with Gasteiger partial charge >= 0.3 is 18.2 Å². The van der Waals surface area contributed by atoms with Crippen LogP contribution in [-0.2, 0) is 37.3 Å². The lowest BCUT2D eigenvalue weighted by Crippen LogP contribution is -2.35. The van der Waals surface area contributed by atoms with E-state index in [2.05, 4.69) is 20.9 Å². The molecule has 49 heavy (non-hydrogen) atoms. The average molecular weight is 714 g/mol.